The number of nitrogens with one attached hydrogen (secondary N) is 2. The molecule has 0 heterocycles. The number of urea groups is 1. The van der Waals surface area contributed by atoms with E-state index in [0.717, 1.165) is 22.5 Å². The van der Waals surface area contributed by atoms with E-state index in [2.05, 4.69) is 10.6 Å². The lowest BCUT2D eigenvalue weighted by Gasteiger charge is -2.08. The van der Waals surface area contributed by atoms with Gasteiger partial charge in [0.1, 0.15) is 0 Å². The van der Waals surface area contributed by atoms with Crippen LogP contribution < -0.4 is 22.1 Å². The van der Waals surface area contributed by atoms with Crippen LogP contribution in [-0.4, -0.2) is 6.03 Å². The lowest BCUT2D eigenvalue weighted by molar-refractivity contribution is 0.262. The zero-order valence-electron chi connectivity index (χ0n) is 11.1. The molecule has 0 aliphatic carbocycles. The summed E-state index contributed by atoms with van der Waals surface area (Å²) in [6.45, 7) is 0.972. The Balaban J connectivity index is 1.93. The van der Waals surface area contributed by atoms with Gasteiger partial charge in [0.25, 0.3) is 0 Å². The van der Waals surface area contributed by atoms with Crippen molar-refractivity contribution < 1.29 is 4.79 Å². The molecule has 0 bridgehead atoms. The summed E-state index contributed by atoms with van der Waals surface area (Å²) in [5, 5.41) is 5.51. The molecule has 104 valence electrons. The summed E-state index contributed by atoms with van der Waals surface area (Å²) in [5.74, 6) is 0. The van der Waals surface area contributed by atoms with E-state index in [-0.39, 0.29) is 6.03 Å². The minimum Gasteiger partial charge on any atom is -0.326 e. The fourth-order valence-electron chi connectivity index (χ4n) is 1.74. The minimum absolute atomic E-state index is 0.286. The third-order valence-corrected chi connectivity index (χ3v) is 2.90. The maximum absolute atomic E-state index is 11.8. The lowest BCUT2D eigenvalue weighted by Crippen LogP contribution is -2.19. The van der Waals surface area contributed by atoms with Crippen LogP contribution in [0.25, 0.3) is 0 Å². The summed E-state index contributed by atoms with van der Waals surface area (Å²) >= 11 is 0. The van der Waals surface area contributed by atoms with E-state index >= 15 is 0 Å². The Morgan fingerprint density at radius 2 is 1.10 bits per heavy atom. The second kappa shape index (κ2) is 6.70. The van der Waals surface area contributed by atoms with Crippen molar-refractivity contribution in [3.63, 3.8) is 0 Å². The molecule has 2 amide bonds. The first-order valence-corrected chi connectivity index (χ1v) is 6.37. The molecule has 5 heteroatoms. The molecule has 0 radical (unpaired) electrons. The molecule has 0 saturated heterocycles. The molecule has 20 heavy (non-hydrogen) atoms. The van der Waals surface area contributed by atoms with Crippen molar-refractivity contribution in [3.05, 3.63) is 59.7 Å². The van der Waals surface area contributed by atoms with E-state index in [1.165, 1.54) is 0 Å². The number of carbonyl (C=O) groups is 1. The summed E-state index contributed by atoms with van der Waals surface area (Å²) in [7, 11) is 0. The van der Waals surface area contributed by atoms with Crippen molar-refractivity contribution in [2.75, 3.05) is 10.6 Å². The first-order chi connectivity index (χ1) is 9.71. The summed E-state index contributed by atoms with van der Waals surface area (Å²) in [6.07, 6.45) is 0. The number of benzene rings is 2. The van der Waals surface area contributed by atoms with Crippen LogP contribution in [0.5, 0.6) is 0 Å². The van der Waals surface area contributed by atoms with Gasteiger partial charge in [0.15, 0.2) is 0 Å². The van der Waals surface area contributed by atoms with Gasteiger partial charge in [-0.05, 0) is 35.4 Å². The van der Waals surface area contributed by atoms with E-state index in [1.807, 2.05) is 48.5 Å². The smallest absolute Gasteiger partial charge is 0.323 e. The monoisotopic (exact) mass is 270 g/mol. The summed E-state index contributed by atoms with van der Waals surface area (Å²) in [5.41, 5.74) is 14.5. The van der Waals surface area contributed by atoms with Gasteiger partial charge in [0, 0.05) is 24.5 Å². The second-order valence-corrected chi connectivity index (χ2v) is 4.38. The molecule has 0 spiro atoms. The number of hydrogen-bond acceptors (Lipinski definition) is 3. The highest BCUT2D eigenvalue weighted by atomic mass is 16.2. The average molecular weight is 270 g/mol. The van der Waals surface area contributed by atoms with Crippen LogP contribution in [-0.2, 0) is 13.1 Å². The van der Waals surface area contributed by atoms with Crippen molar-refractivity contribution in [1.29, 1.82) is 0 Å². The number of nitrogens with two attached hydrogens (primary N) is 2. The van der Waals surface area contributed by atoms with Crippen LogP contribution in [0.4, 0.5) is 16.2 Å². The number of rotatable bonds is 4. The molecular weight excluding hydrogens is 252 g/mol. The van der Waals surface area contributed by atoms with Gasteiger partial charge in [-0.2, -0.15) is 0 Å². The van der Waals surface area contributed by atoms with Crippen molar-refractivity contribution in [1.82, 2.24) is 0 Å². The third-order valence-electron chi connectivity index (χ3n) is 2.90. The molecule has 2 aromatic carbocycles. The molecule has 2 rings (SSSR count). The molecule has 0 fully saturated rings. The lowest BCUT2D eigenvalue weighted by atomic mass is 10.2. The second-order valence-electron chi connectivity index (χ2n) is 4.38. The Labute approximate surface area is 118 Å². The first kappa shape index (κ1) is 14.0. The maximum Gasteiger partial charge on any atom is 0.323 e. The van der Waals surface area contributed by atoms with Crippen molar-refractivity contribution in [3.8, 4) is 0 Å². The predicted molar refractivity (Wildman–Crippen MR) is 81.3 cm³/mol. The molecule has 0 unspecified atom stereocenters. The van der Waals surface area contributed by atoms with Crippen molar-refractivity contribution in [2.45, 2.75) is 13.1 Å². The van der Waals surface area contributed by atoms with E-state index < -0.39 is 0 Å². The molecule has 0 saturated carbocycles. The average Bonchev–Trinajstić information content (AvgIpc) is 2.49. The number of anilines is 2. The van der Waals surface area contributed by atoms with Crippen LogP contribution in [0.1, 0.15) is 11.1 Å². The van der Waals surface area contributed by atoms with E-state index in [1.54, 1.807) is 0 Å². The number of hydrogen-bond donors (Lipinski definition) is 4. The van der Waals surface area contributed by atoms with Gasteiger partial charge in [-0.3, -0.25) is 0 Å². The standard InChI is InChI=1S/C15H18N4O/c16-9-11-1-5-13(6-2-11)18-15(20)19-14-7-3-12(10-17)4-8-14/h1-8H,9-10,16-17H2,(H2,18,19,20). The van der Waals surface area contributed by atoms with Gasteiger partial charge in [0.2, 0.25) is 0 Å². The quantitative estimate of drug-likeness (QED) is 0.686. The van der Waals surface area contributed by atoms with E-state index in [4.69, 9.17) is 11.5 Å². The van der Waals surface area contributed by atoms with Crippen LogP contribution in [0.2, 0.25) is 0 Å². The number of amides is 2. The molecule has 5 nitrogen and oxygen atoms in total. The molecule has 2 aromatic rings. The topological polar surface area (TPSA) is 93.2 Å². The SMILES string of the molecule is NCc1ccc(NC(=O)Nc2ccc(CN)cc2)cc1. The van der Waals surface area contributed by atoms with Gasteiger partial charge in [-0.15, -0.1) is 0 Å². The largest absolute Gasteiger partial charge is 0.326 e. The Bertz CT molecular complexity index is 512. The van der Waals surface area contributed by atoms with Gasteiger partial charge < -0.3 is 22.1 Å². The van der Waals surface area contributed by atoms with Crippen molar-refractivity contribution >= 4 is 17.4 Å². The minimum atomic E-state index is -0.286. The van der Waals surface area contributed by atoms with Gasteiger partial charge in [0.05, 0.1) is 0 Å². The normalized spacial score (nSPS) is 10.1. The highest BCUT2D eigenvalue weighted by Crippen LogP contribution is 2.12. The number of carbonyl (C=O) groups excluding carboxylic acids is 1. The maximum atomic E-state index is 11.8. The zero-order valence-corrected chi connectivity index (χ0v) is 11.1. The fourth-order valence-corrected chi connectivity index (χ4v) is 1.74. The molecule has 0 aliphatic rings. The van der Waals surface area contributed by atoms with Gasteiger partial charge in [-0.25, -0.2) is 4.79 Å². The van der Waals surface area contributed by atoms with Gasteiger partial charge in [-0.1, -0.05) is 24.3 Å². The molecule has 0 aromatic heterocycles. The van der Waals surface area contributed by atoms with Gasteiger partial charge >= 0.3 is 6.03 Å². The highest BCUT2D eigenvalue weighted by Gasteiger charge is 2.02. The summed E-state index contributed by atoms with van der Waals surface area (Å²) < 4.78 is 0. The van der Waals surface area contributed by atoms with Crippen LogP contribution in [0, 0.1) is 0 Å². The highest BCUT2D eigenvalue weighted by molar-refractivity contribution is 5.99. The predicted octanol–water partition coefficient (Wildman–Crippen LogP) is 2.25. The summed E-state index contributed by atoms with van der Waals surface area (Å²) in [4.78, 5) is 11.8. The van der Waals surface area contributed by atoms with Crippen molar-refractivity contribution in [2.24, 2.45) is 11.5 Å². The molecule has 6 N–H and O–H groups in total. The Kier molecular flexibility index (Phi) is 4.70. The Morgan fingerprint density at radius 3 is 1.40 bits per heavy atom. The van der Waals surface area contributed by atoms with E-state index in [9.17, 15) is 4.79 Å². The Hall–Kier alpha value is -2.37. The molecule has 0 atom stereocenters. The van der Waals surface area contributed by atoms with Crippen LogP contribution in [0.3, 0.4) is 0 Å². The van der Waals surface area contributed by atoms with Crippen LogP contribution >= 0.6 is 0 Å². The molecule has 0 aliphatic heterocycles. The molecular formula is C15H18N4O. The third kappa shape index (κ3) is 3.81. The zero-order chi connectivity index (χ0) is 14.4. The Morgan fingerprint density at radius 1 is 0.750 bits per heavy atom. The fraction of sp³-hybridized carbons (Fsp3) is 0.133. The first-order valence-electron chi connectivity index (χ1n) is 6.37. The van der Waals surface area contributed by atoms with E-state index in [0.29, 0.717) is 13.1 Å². The van der Waals surface area contributed by atoms with Crippen LogP contribution in [0.15, 0.2) is 48.5 Å². The summed E-state index contributed by atoms with van der Waals surface area (Å²) in [6, 6.07) is 14.5.